The third kappa shape index (κ3) is 7.90. The summed E-state index contributed by atoms with van der Waals surface area (Å²) in [5.74, 6) is 0.880. The second-order valence-electron chi connectivity index (χ2n) is 4.51. The van der Waals surface area contributed by atoms with Gasteiger partial charge in [-0.3, -0.25) is 0 Å². The molecular formula is C11H22O3. The quantitative estimate of drug-likeness (QED) is 0.642. The van der Waals surface area contributed by atoms with Gasteiger partial charge in [0.05, 0.1) is 6.61 Å². The van der Waals surface area contributed by atoms with Crippen molar-refractivity contribution in [2.45, 2.75) is 47.1 Å². The summed E-state index contributed by atoms with van der Waals surface area (Å²) in [5, 5.41) is 0. The highest BCUT2D eigenvalue weighted by atomic mass is 16.7. The van der Waals surface area contributed by atoms with E-state index >= 15 is 0 Å². The first-order chi connectivity index (χ1) is 6.41. The predicted octanol–water partition coefficient (Wildman–Crippen LogP) is 3.23. The van der Waals surface area contributed by atoms with Gasteiger partial charge >= 0.3 is 6.16 Å². The van der Waals surface area contributed by atoms with Crippen LogP contribution in [0.4, 0.5) is 4.79 Å². The van der Waals surface area contributed by atoms with E-state index in [2.05, 4.69) is 13.8 Å². The summed E-state index contributed by atoms with van der Waals surface area (Å²) in [7, 11) is 0. The molecule has 0 aliphatic heterocycles. The molecule has 0 saturated heterocycles. The first kappa shape index (κ1) is 13.3. The Morgan fingerprint density at radius 1 is 1.07 bits per heavy atom. The van der Waals surface area contributed by atoms with Gasteiger partial charge in [0.1, 0.15) is 6.10 Å². The van der Waals surface area contributed by atoms with Gasteiger partial charge in [0, 0.05) is 0 Å². The lowest BCUT2D eigenvalue weighted by atomic mass is 10.1. The van der Waals surface area contributed by atoms with Crippen molar-refractivity contribution in [2.24, 2.45) is 11.8 Å². The normalized spacial score (nSPS) is 13.1. The van der Waals surface area contributed by atoms with Crippen LogP contribution in [0.1, 0.15) is 41.0 Å². The van der Waals surface area contributed by atoms with Crippen molar-refractivity contribution in [3.8, 4) is 0 Å². The van der Waals surface area contributed by atoms with Gasteiger partial charge in [0.15, 0.2) is 0 Å². The molecule has 3 heteroatoms. The summed E-state index contributed by atoms with van der Waals surface area (Å²) >= 11 is 0. The van der Waals surface area contributed by atoms with E-state index < -0.39 is 6.16 Å². The minimum Gasteiger partial charge on any atom is -0.434 e. The number of hydrogen-bond acceptors (Lipinski definition) is 3. The Morgan fingerprint density at radius 2 is 1.64 bits per heavy atom. The van der Waals surface area contributed by atoms with Crippen molar-refractivity contribution in [3.05, 3.63) is 0 Å². The molecule has 0 aromatic rings. The van der Waals surface area contributed by atoms with Crippen LogP contribution in [0.15, 0.2) is 0 Å². The molecule has 0 radical (unpaired) electrons. The van der Waals surface area contributed by atoms with Gasteiger partial charge in [-0.1, -0.05) is 27.7 Å². The number of ether oxygens (including phenoxy) is 2. The first-order valence-electron chi connectivity index (χ1n) is 5.25. The van der Waals surface area contributed by atoms with Crippen LogP contribution in [0, 0.1) is 11.8 Å². The summed E-state index contributed by atoms with van der Waals surface area (Å²) in [6, 6.07) is 0. The second-order valence-corrected chi connectivity index (χ2v) is 4.51. The van der Waals surface area contributed by atoms with E-state index in [0.29, 0.717) is 18.4 Å². The molecule has 0 N–H and O–H groups in total. The van der Waals surface area contributed by atoms with Gasteiger partial charge in [-0.05, 0) is 25.2 Å². The maximum absolute atomic E-state index is 11.1. The fourth-order valence-electron chi connectivity index (χ4n) is 1.14. The monoisotopic (exact) mass is 202 g/mol. The predicted molar refractivity (Wildman–Crippen MR) is 56.2 cm³/mol. The molecule has 0 aliphatic carbocycles. The minimum absolute atomic E-state index is 0.0605. The zero-order valence-electron chi connectivity index (χ0n) is 9.87. The van der Waals surface area contributed by atoms with E-state index in [4.69, 9.17) is 9.47 Å². The highest BCUT2D eigenvalue weighted by Gasteiger charge is 2.12. The van der Waals surface area contributed by atoms with Crippen molar-refractivity contribution < 1.29 is 14.3 Å². The lowest BCUT2D eigenvalue weighted by molar-refractivity contribution is 0.0175. The molecule has 0 aromatic heterocycles. The molecule has 3 nitrogen and oxygen atoms in total. The summed E-state index contributed by atoms with van der Waals surface area (Å²) in [6.07, 6.45) is 0.262. The van der Waals surface area contributed by atoms with Crippen LogP contribution in [0.3, 0.4) is 0 Å². The highest BCUT2D eigenvalue weighted by molar-refractivity contribution is 5.60. The minimum atomic E-state index is -0.549. The van der Waals surface area contributed by atoms with Crippen LogP contribution < -0.4 is 0 Å². The van der Waals surface area contributed by atoms with Gasteiger partial charge in [0.2, 0.25) is 0 Å². The summed E-state index contributed by atoms with van der Waals surface area (Å²) < 4.78 is 9.94. The van der Waals surface area contributed by atoms with Gasteiger partial charge in [-0.25, -0.2) is 4.79 Å². The first-order valence-corrected chi connectivity index (χ1v) is 5.25. The Kier molecular flexibility index (Phi) is 6.34. The number of rotatable bonds is 5. The standard InChI is InChI=1S/C11H22O3/c1-8(2)6-10(5)14-11(12)13-7-9(3)4/h8-10H,6-7H2,1-5H3. The van der Waals surface area contributed by atoms with Crippen molar-refractivity contribution in [3.63, 3.8) is 0 Å². The van der Waals surface area contributed by atoms with Crippen LogP contribution >= 0.6 is 0 Å². The topological polar surface area (TPSA) is 35.5 Å². The van der Waals surface area contributed by atoms with Crippen LogP contribution in [0.25, 0.3) is 0 Å². The number of hydrogen-bond donors (Lipinski definition) is 0. The second kappa shape index (κ2) is 6.68. The average Bonchev–Trinajstić information content (AvgIpc) is 1.98. The van der Waals surface area contributed by atoms with Crippen molar-refractivity contribution in [1.82, 2.24) is 0 Å². The molecule has 1 atom stereocenters. The van der Waals surface area contributed by atoms with E-state index in [1.54, 1.807) is 0 Å². The third-order valence-electron chi connectivity index (χ3n) is 1.64. The smallest absolute Gasteiger partial charge is 0.434 e. The Hall–Kier alpha value is -0.730. The molecule has 14 heavy (non-hydrogen) atoms. The van der Waals surface area contributed by atoms with Gasteiger partial charge < -0.3 is 9.47 Å². The Morgan fingerprint density at radius 3 is 2.07 bits per heavy atom. The fourth-order valence-corrected chi connectivity index (χ4v) is 1.14. The highest BCUT2D eigenvalue weighted by Crippen LogP contribution is 2.08. The Labute approximate surface area is 86.8 Å². The van der Waals surface area contributed by atoms with E-state index in [0.717, 1.165) is 6.42 Å². The Balaban J connectivity index is 3.60. The van der Waals surface area contributed by atoms with Gasteiger partial charge in [-0.15, -0.1) is 0 Å². The maximum atomic E-state index is 11.1. The molecule has 84 valence electrons. The molecule has 0 rings (SSSR count). The zero-order valence-corrected chi connectivity index (χ0v) is 9.87. The zero-order chi connectivity index (χ0) is 11.1. The Bertz CT molecular complexity index is 164. The van der Waals surface area contributed by atoms with Crippen molar-refractivity contribution >= 4 is 6.16 Å². The molecule has 0 bridgehead atoms. The maximum Gasteiger partial charge on any atom is 0.508 e. The van der Waals surface area contributed by atoms with Gasteiger partial charge in [-0.2, -0.15) is 0 Å². The summed E-state index contributed by atoms with van der Waals surface area (Å²) in [6.45, 7) is 10.5. The van der Waals surface area contributed by atoms with E-state index in [1.165, 1.54) is 0 Å². The molecule has 0 spiro atoms. The summed E-state index contributed by atoms with van der Waals surface area (Å²) in [4.78, 5) is 11.1. The molecule has 0 aromatic carbocycles. The lowest BCUT2D eigenvalue weighted by Gasteiger charge is -2.15. The molecule has 0 saturated carbocycles. The SMILES string of the molecule is CC(C)COC(=O)OC(C)CC(C)C. The fraction of sp³-hybridized carbons (Fsp3) is 0.909. The van der Waals surface area contributed by atoms with E-state index in [1.807, 2.05) is 20.8 Å². The van der Waals surface area contributed by atoms with Crippen LogP contribution in [0.2, 0.25) is 0 Å². The third-order valence-corrected chi connectivity index (χ3v) is 1.64. The van der Waals surface area contributed by atoms with Crippen LogP contribution in [0.5, 0.6) is 0 Å². The molecule has 0 amide bonds. The summed E-state index contributed by atoms with van der Waals surface area (Å²) in [5.41, 5.74) is 0. The average molecular weight is 202 g/mol. The van der Waals surface area contributed by atoms with Crippen molar-refractivity contribution in [1.29, 1.82) is 0 Å². The number of carbonyl (C=O) groups is 1. The van der Waals surface area contributed by atoms with E-state index in [-0.39, 0.29) is 6.10 Å². The molecular weight excluding hydrogens is 180 g/mol. The lowest BCUT2D eigenvalue weighted by Crippen LogP contribution is -2.19. The number of carbonyl (C=O) groups excluding carboxylic acids is 1. The molecule has 0 aliphatic rings. The van der Waals surface area contributed by atoms with Gasteiger partial charge in [0.25, 0.3) is 0 Å². The largest absolute Gasteiger partial charge is 0.508 e. The van der Waals surface area contributed by atoms with Crippen molar-refractivity contribution in [2.75, 3.05) is 6.61 Å². The molecule has 1 unspecified atom stereocenters. The molecule has 0 heterocycles. The van der Waals surface area contributed by atoms with Crippen LogP contribution in [-0.4, -0.2) is 18.9 Å². The van der Waals surface area contributed by atoms with E-state index in [9.17, 15) is 4.79 Å². The van der Waals surface area contributed by atoms with Crippen LogP contribution in [-0.2, 0) is 9.47 Å². The molecule has 0 fully saturated rings.